The van der Waals surface area contributed by atoms with Crippen LogP contribution in [0.3, 0.4) is 0 Å². The molecule has 0 aliphatic heterocycles. The molecule has 2 nitrogen and oxygen atoms in total. The van der Waals surface area contributed by atoms with E-state index in [-0.39, 0.29) is 5.04 Å². The molecule has 84 valence electrons. The average molecular weight is 242 g/mol. The number of rotatable bonds is 2. The summed E-state index contributed by atoms with van der Waals surface area (Å²) in [6.07, 6.45) is 0. The van der Waals surface area contributed by atoms with E-state index in [1.165, 1.54) is 16.5 Å². The third kappa shape index (κ3) is 2.36. The standard InChI is InChI=1S/C10H19BO2SSi/c1-10(2,3)15(4,5)8-6-7-14-9(8)11(12)13/h6-7,12-13H,1-5H3. The lowest BCUT2D eigenvalue weighted by Crippen LogP contribution is -2.57. The summed E-state index contributed by atoms with van der Waals surface area (Å²) in [6.45, 7) is 11.2. The molecule has 0 saturated heterocycles. The first kappa shape index (κ1) is 13.0. The second-order valence-electron chi connectivity index (χ2n) is 5.45. The van der Waals surface area contributed by atoms with Crippen LogP contribution in [-0.4, -0.2) is 25.2 Å². The fraction of sp³-hybridized carbons (Fsp3) is 0.600. The molecule has 0 radical (unpaired) electrons. The van der Waals surface area contributed by atoms with E-state index in [1.54, 1.807) is 0 Å². The molecule has 1 heterocycles. The molecule has 0 fully saturated rings. The molecule has 0 saturated carbocycles. The highest BCUT2D eigenvalue weighted by Crippen LogP contribution is 2.35. The maximum absolute atomic E-state index is 9.31. The number of hydrogen-bond acceptors (Lipinski definition) is 3. The topological polar surface area (TPSA) is 40.5 Å². The minimum atomic E-state index is -1.65. The maximum Gasteiger partial charge on any atom is 0.498 e. The van der Waals surface area contributed by atoms with E-state index in [0.717, 1.165) is 4.78 Å². The van der Waals surface area contributed by atoms with Crippen molar-refractivity contribution in [3.63, 3.8) is 0 Å². The van der Waals surface area contributed by atoms with Gasteiger partial charge in [0.2, 0.25) is 0 Å². The van der Waals surface area contributed by atoms with Gasteiger partial charge in [0.1, 0.15) is 0 Å². The van der Waals surface area contributed by atoms with Crippen molar-refractivity contribution in [1.82, 2.24) is 0 Å². The highest BCUT2D eigenvalue weighted by Gasteiger charge is 2.40. The highest BCUT2D eigenvalue weighted by molar-refractivity contribution is 7.23. The minimum Gasteiger partial charge on any atom is -0.423 e. The predicted molar refractivity (Wildman–Crippen MR) is 71.0 cm³/mol. The van der Waals surface area contributed by atoms with Crippen molar-refractivity contribution < 1.29 is 10.0 Å². The Morgan fingerprint density at radius 2 is 1.80 bits per heavy atom. The quantitative estimate of drug-likeness (QED) is 0.764. The van der Waals surface area contributed by atoms with E-state index in [2.05, 4.69) is 39.9 Å². The summed E-state index contributed by atoms with van der Waals surface area (Å²) in [5.41, 5.74) is 0. The van der Waals surface area contributed by atoms with E-state index in [9.17, 15) is 10.0 Å². The van der Waals surface area contributed by atoms with Crippen LogP contribution in [0, 0.1) is 0 Å². The Kier molecular flexibility index (Phi) is 3.50. The molecule has 15 heavy (non-hydrogen) atoms. The van der Waals surface area contributed by atoms with Gasteiger partial charge in [-0.15, -0.1) is 0 Å². The predicted octanol–water partition coefficient (Wildman–Crippen LogP) is 1.14. The van der Waals surface area contributed by atoms with Gasteiger partial charge in [-0.25, -0.2) is 0 Å². The summed E-state index contributed by atoms with van der Waals surface area (Å²) in [6, 6.07) is 2.05. The molecule has 0 aromatic carbocycles. The molecule has 0 amide bonds. The molecule has 2 N–H and O–H groups in total. The summed E-state index contributed by atoms with van der Waals surface area (Å²) < 4.78 is 0.724. The summed E-state index contributed by atoms with van der Waals surface area (Å²) in [4.78, 5) is 0. The van der Waals surface area contributed by atoms with Gasteiger partial charge in [-0.3, -0.25) is 0 Å². The van der Waals surface area contributed by atoms with Crippen LogP contribution < -0.4 is 9.96 Å². The summed E-state index contributed by atoms with van der Waals surface area (Å²) >= 11 is 1.44. The Morgan fingerprint density at radius 1 is 1.27 bits per heavy atom. The van der Waals surface area contributed by atoms with E-state index < -0.39 is 15.2 Å². The molecule has 1 aromatic heterocycles. The molecule has 0 atom stereocenters. The van der Waals surface area contributed by atoms with Crippen molar-refractivity contribution in [3.05, 3.63) is 11.4 Å². The molecule has 5 heteroatoms. The molecule has 0 aliphatic rings. The van der Waals surface area contributed by atoms with Crippen LogP contribution in [0.1, 0.15) is 20.8 Å². The van der Waals surface area contributed by atoms with Crippen LogP contribution in [0.15, 0.2) is 11.4 Å². The van der Waals surface area contributed by atoms with Crippen LogP contribution >= 0.6 is 11.3 Å². The molecule has 0 spiro atoms. The van der Waals surface area contributed by atoms with Crippen LogP contribution in [0.4, 0.5) is 0 Å². The first-order valence-electron chi connectivity index (χ1n) is 5.12. The van der Waals surface area contributed by atoms with Crippen molar-refractivity contribution in [2.75, 3.05) is 0 Å². The summed E-state index contributed by atoms with van der Waals surface area (Å²) in [7, 11) is -2.97. The lowest BCUT2D eigenvalue weighted by atomic mass is 9.89. The van der Waals surface area contributed by atoms with Crippen molar-refractivity contribution in [2.24, 2.45) is 0 Å². The molecule has 0 bridgehead atoms. The van der Waals surface area contributed by atoms with Crippen molar-refractivity contribution in [3.8, 4) is 0 Å². The summed E-state index contributed by atoms with van der Waals surface area (Å²) in [5, 5.41) is 22.0. The first-order valence-corrected chi connectivity index (χ1v) is 9.00. The molecular formula is C10H19BO2SSi. The van der Waals surface area contributed by atoms with E-state index in [0.29, 0.717) is 0 Å². The molecule has 0 aliphatic carbocycles. The van der Waals surface area contributed by atoms with Crippen molar-refractivity contribution >= 4 is 36.5 Å². The Bertz CT molecular complexity index is 341. The second kappa shape index (κ2) is 4.05. The van der Waals surface area contributed by atoms with Crippen LogP contribution in [0.5, 0.6) is 0 Å². The van der Waals surface area contributed by atoms with Gasteiger partial charge in [-0.1, -0.05) is 39.9 Å². The van der Waals surface area contributed by atoms with Gasteiger partial charge in [0.05, 0.1) is 8.07 Å². The second-order valence-corrected chi connectivity index (χ2v) is 11.7. The number of hydrogen-bond donors (Lipinski definition) is 2. The van der Waals surface area contributed by atoms with Gasteiger partial charge < -0.3 is 10.0 Å². The van der Waals surface area contributed by atoms with Gasteiger partial charge in [0.15, 0.2) is 0 Å². The van der Waals surface area contributed by atoms with E-state index in [4.69, 9.17) is 0 Å². The Labute approximate surface area is 97.1 Å². The van der Waals surface area contributed by atoms with Gasteiger partial charge in [0, 0.05) is 4.78 Å². The average Bonchev–Trinajstić information content (AvgIpc) is 2.48. The third-order valence-corrected chi connectivity index (χ3v) is 10.1. The molecule has 1 rings (SSSR count). The van der Waals surface area contributed by atoms with Crippen molar-refractivity contribution in [1.29, 1.82) is 0 Å². The Morgan fingerprint density at radius 3 is 2.20 bits per heavy atom. The smallest absolute Gasteiger partial charge is 0.423 e. The van der Waals surface area contributed by atoms with Crippen LogP contribution in [-0.2, 0) is 0 Å². The Hall–Kier alpha value is -0.0982. The van der Waals surface area contributed by atoms with Gasteiger partial charge in [-0.2, -0.15) is 11.3 Å². The molecule has 0 unspecified atom stereocenters. The largest absolute Gasteiger partial charge is 0.498 e. The third-order valence-electron chi connectivity index (χ3n) is 3.48. The lowest BCUT2D eigenvalue weighted by Gasteiger charge is -2.37. The van der Waals surface area contributed by atoms with E-state index >= 15 is 0 Å². The zero-order valence-electron chi connectivity index (χ0n) is 10.0. The first-order chi connectivity index (χ1) is 6.68. The summed E-state index contributed by atoms with van der Waals surface area (Å²) in [5.74, 6) is 0. The normalized spacial score (nSPS) is 13.0. The fourth-order valence-corrected chi connectivity index (χ4v) is 5.22. The van der Waals surface area contributed by atoms with Gasteiger partial charge in [0.25, 0.3) is 0 Å². The molecular weight excluding hydrogens is 223 g/mol. The zero-order valence-corrected chi connectivity index (χ0v) is 11.9. The van der Waals surface area contributed by atoms with Crippen LogP contribution in [0.25, 0.3) is 0 Å². The van der Waals surface area contributed by atoms with Crippen LogP contribution in [0.2, 0.25) is 18.1 Å². The SMILES string of the molecule is CC(C)(C)[Si](C)(C)c1ccsc1B(O)O. The zero-order chi connectivity index (χ0) is 11.9. The van der Waals surface area contributed by atoms with E-state index in [1.807, 2.05) is 5.38 Å². The Balaban J connectivity index is 3.21. The fourth-order valence-electron chi connectivity index (χ4n) is 1.44. The monoisotopic (exact) mass is 242 g/mol. The van der Waals surface area contributed by atoms with Gasteiger partial charge >= 0.3 is 7.12 Å². The maximum atomic E-state index is 9.31. The lowest BCUT2D eigenvalue weighted by molar-refractivity contribution is 0.427. The molecule has 1 aromatic rings. The van der Waals surface area contributed by atoms with Gasteiger partial charge in [-0.05, 0) is 15.6 Å². The van der Waals surface area contributed by atoms with Crippen molar-refractivity contribution in [2.45, 2.75) is 38.9 Å². The highest BCUT2D eigenvalue weighted by atomic mass is 32.1. The minimum absolute atomic E-state index is 0.220. The number of thiophene rings is 1.